The normalized spacial score (nSPS) is 10.6. The highest BCUT2D eigenvalue weighted by molar-refractivity contribution is 5.69. The van der Waals surface area contributed by atoms with Gasteiger partial charge in [-0.15, -0.1) is 0 Å². The highest BCUT2D eigenvalue weighted by Crippen LogP contribution is 2.23. The van der Waals surface area contributed by atoms with Crippen LogP contribution in [0.1, 0.15) is 12.2 Å². The number of rotatable bonds is 5. The van der Waals surface area contributed by atoms with Crippen LogP contribution < -0.4 is 5.73 Å². The van der Waals surface area contributed by atoms with E-state index in [1.54, 1.807) is 7.11 Å². The molecule has 0 amide bonds. The summed E-state index contributed by atoms with van der Waals surface area (Å²) in [5.41, 5.74) is 7.25. The fraction of sp³-hybridized carbons (Fsp3) is 0.333. The van der Waals surface area contributed by atoms with Gasteiger partial charge < -0.3 is 15.0 Å². The van der Waals surface area contributed by atoms with Crippen molar-refractivity contribution >= 4 is 5.69 Å². The number of hydrogen-bond donors (Lipinski definition) is 1. The van der Waals surface area contributed by atoms with Gasteiger partial charge >= 0.3 is 0 Å². The highest BCUT2D eigenvalue weighted by Gasteiger charge is 2.10. The molecule has 90 valence electrons. The number of anilines is 1. The molecule has 0 fully saturated rings. The Morgan fingerprint density at radius 2 is 2.18 bits per heavy atom. The second-order valence-electron chi connectivity index (χ2n) is 3.70. The standard InChI is InChI=1S/C12H15N3O2/c1-16-8-4-7-11-14-12(17-15-11)9-5-2-3-6-10(9)13/h2-3,5-6H,4,7-8,13H2,1H3. The molecule has 17 heavy (non-hydrogen) atoms. The second kappa shape index (κ2) is 5.45. The maximum atomic E-state index is 5.84. The molecular formula is C12H15N3O2. The lowest BCUT2D eigenvalue weighted by Crippen LogP contribution is -1.94. The number of hydrogen-bond acceptors (Lipinski definition) is 5. The van der Waals surface area contributed by atoms with Gasteiger partial charge in [-0.2, -0.15) is 4.98 Å². The molecular weight excluding hydrogens is 218 g/mol. The van der Waals surface area contributed by atoms with Gasteiger partial charge in [0.15, 0.2) is 5.82 Å². The molecule has 0 spiro atoms. The molecule has 2 aromatic rings. The minimum absolute atomic E-state index is 0.468. The van der Waals surface area contributed by atoms with Gasteiger partial charge in [-0.1, -0.05) is 17.3 Å². The zero-order chi connectivity index (χ0) is 12.1. The average molecular weight is 233 g/mol. The summed E-state index contributed by atoms with van der Waals surface area (Å²) in [6, 6.07) is 7.43. The quantitative estimate of drug-likeness (QED) is 0.630. The van der Waals surface area contributed by atoms with Crippen LogP contribution in [0.4, 0.5) is 5.69 Å². The first kappa shape index (κ1) is 11.6. The van der Waals surface area contributed by atoms with E-state index in [1.165, 1.54) is 0 Å². The van der Waals surface area contributed by atoms with Crippen molar-refractivity contribution in [2.75, 3.05) is 19.5 Å². The number of nitrogen functional groups attached to an aromatic ring is 1. The van der Waals surface area contributed by atoms with Crippen molar-refractivity contribution in [3.63, 3.8) is 0 Å². The molecule has 0 aliphatic heterocycles. The second-order valence-corrected chi connectivity index (χ2v) is 3.70. The third kappa shape index (κ3) is 2.82. The molecule has 5 heteroatoms. The molecule has 1 heterocycles. The molecule has 0 atom stereocenters. The van der Waals surface area contributed by atoms with Crippen LogP contribution in [-0.4, -0.2) is 23.9 Å². The molecule has 5 nitrogen and oxygen atoms in total. The summed E-state index contributed by atoms with van der Waals surface area (Å²) in [4.78, 5) is 4.30. The van der Waals surface area contributed by atoms with E-state index in [0.29, 0.717) is 24.0 Å². The zero-order valence-electron chi connectivity index (χ0n) is 9.72. The van der Waals surface area contributed by atoms with Gasteiger partial charge in [0.1, 0.15) is 0 Å². The molecule has 2 rings (SSSR count). The minimum atomic E-state index is 0.468. The van der Waals surface area contributed by atoms with E-state index in [9.17, 15) is 0 Å². The van der Waals surface area contributed by atoms with Gasteiger partial charge in [0.25, 0.3) is 5.89 Å². The Morgan fingerprint density at radius 1 is 1.35 bits per heavy atom. The summed E-state index contributed by atoms with van der Waals surface area (Å²) in [6.07, 6.45) is 1.61. The molecule has 0 aliphatic rings. The number of ether oxygens (including phenoxy) is 1. The number of methoxy groups -OCH3 is 1. The average Bonchev–Trinajstić information content (AvgIpc) is 2.79. The van der Waals surface area contributed by atoms with Crippen LogP contribution >= 0.6 is 0 Å². The van der Waals surface area contributed by atoms with E-state index in [1.807, 2.05) is 24.3 Å². The zero-order valence-corrected chi connectivity index (χ0v) is 9.72. The predicted molar refractivity (Wildman–Crippen MR) is 64.3 cm³/mol. The van der Waals surface area contributed by atoms with Gasteiger partial charge in [0.2, 0.25) is 0 Å². The van der Waals surface area contributed by atoms with Crippen molar-refractivity contribution in [2.24, 2.45) is 0 Å². The Balaban J connectivity index is 2.10. The summed E-state index contributed by atoms with van der Waals surface area (Å²) in [6.45, 7) is 0.692. The van der Waals surface area contributed by atoms with Gasteiger partial charge in [0, 0.05) is 25.8 Å². The summed E-state index contributed by atoms with van der Waals surface area (Å²) in [5, 5.41) is 3.91. The van der Waals surface area contributed by atoms with E-state index in [0.717, 1.165) is 18.4 Å². The van der Waals surface area contributed by atoms with Crippen LogP contribution in [-0.2, 0) is 11.2 Å². The number of aryl methyl sites for hydroxylation is 1. The first-order valence-corrected chi connectivity index (χ1v) is 5.47. The van der Waals surface area contributed by atoms with Gasteiger partial charge in [-0.3, -0.25) is 0 Å². The fourth-order valence-electron chi connectivity index (χ4n) is 1.53. The van der Waals surface area contributed by atoms with Crippen molar-refractivity contribution in [3.8, 4) is 11.5 Å². The number of para-hydroxylation sites is 1. The van der Waals surface area contributed by atoms with E-state index in [4.69, 9.17) is 15.0 Å². The lowest BCUT2D eigenvalue weighted by molar-refractivity contribution is 0.194. The molecule has 1 aromatic heterocycles. The summed E-state index contributed by atoms with van der Waals surface area (Å²) in [7, 11) is 1.67. The maximum Gasteiger partial charge on any atom is 0.260 e. The third-order valence-corrected chi connectivity index (χ3v) is 2.41. The first-order valence-electron chi connectivity index (χ1n) is 5.47. The van der Waals surface area contributed by atoms with Crippen LogP contribution in [0.15, 0.2) is 28.8 Å². The van der Waals surface area contributed by atoms with E-state index < -0.39 is 0 Å². The van der Waals surface area contributed by atoms with Crippen LogP contribution in [0.2, 0.25) is 0 Å². The van der Waals surface area contributed by atoms with E-state index >= 15 is 0 Å². The smallest absolute Gasteiger partial charge is 0.260 e. The molecule has 0 aliphatic carbocycles. The summed E-state index contributed by atoms with van der Waals surface area (Å²) < 4.78 is 10.1. The number of nitrogens with two attached hydrogens (primary N) is 1. The largest absolute Gasteiger partial charge is 0.398 e. The van der Waals surface area contributed by atoms with Crippen molar-refractivity contribution < 1.29 is 9.26 Å². The topological polar surface area (TPSA) is 74.2 Å². The Kier molecular flexibility index (Phi) is 3.72. The van der Waals surface area contributed by atoms with E-state index in [-0.39, 0.29) is 0 Å². The van der Waals surface area contributed by atoms with Crippen molar-refractivity contribution in [3.05, 3.63) is 30.1 Å². The molecule has 2 N–H and O–H groups in total. The van der Waals surface area contributed by atoms with Crippen LogP contribution in [0.25, 0.3) is 11.5 Å². The van der Waals surface area contributed by atoms with Crippen molar-refractivity contribution in [1.82, 2.24) is 10.1 Å². The highest BCUT2D eigenvalue weighted by atomic mass is 16.5. The Bertz CT molecular complexity index is 482. The third-order valence-electron chi connectivity index (χ3n) is 2.41. The first-order chi connectivity index (χ1) is 8.31. The van der Waals surface area contributed by atoms with Crippen molar-refractivity contribution in [1.29, 1.82) is 0 Å². The Morgan fingerprint density at radius 3 is 2.94 bits per heavy atom. The van der Waals surface area contributed by atoms with Crippen LogP contribution in [0.3, 0.4) is 0 Å². The van der Waals surface area contributed by atoms with Gasteiger partial charge in [-0.25, -0.2) is 0 Å². The fourth-order valence-corrected chi connectivity index (χ4v) is 1.53. The van der Waals surface area contributed by atoms with Crippen LogP contribution in [0, 0.1) is 0 Å². The minimum Gasteiger partial charge on any atom is -0.398 e. The lowest BCUT2D eigenvalue weighted by Gasteiger charge is -1.97. The van der Waals surface area contributed by atoms with Gasteiger partial charge in [0.05, 0.1) is 5.56 Å². The van der Waals surface area contributed by atoms with Crippen molar-refractivity contribution in [2.45, 2.75) is 12.8 Å². The Hall–Kier alpha value is -1.88. The predicted octanol–water partition coefficient (Wildman–Crippen LogP) is 1.90. The number of nitrogens with zero attached hydrogens (tertiary/aromatic N) is 2. The molecule has 0 radical (unpaired) electrons. The lowest BCUT2D eigenvalue weighted by atomic mass is 10.2. The monoisotopic (exact) mass is 233 g/mol. The summed E-state index contributed by atoms with van der Waals surface area (Å²) >= 11 is 0. The maximum absolute atomic E-state index is 5.84. The summed E-state index contributed by atoms with van der Waals surface area (Å²) in [5.74, 6) is 1.15. The Labute approximate surface area is 99.6 Å². The SMILES string of the molecule is COCCCc1noc(-c2ccccc2N)n1. The molecule has 0 bridgehead atoms. The molecule has 0 saturated carbocycles. The number of aromatic nitrogens is 2. The molecule has 0 unspecified atom stereocenters. The number of benzene rings is 1. The van der Waals surface area contributed by atoms with Gasteiger partial charge in [-0.05, 0) is 18.6 Å². The molecule has 0 saturated heterocycles. The molecule has 1 aromatic carbocycles. The van der Waals surface area contributed by atoms with E-state index in [2.05, 4.69) is 10.1 Å². The van der Waals surface area contributed by atoms with Crippen LogP contribution in [0.5, 0.6) is 0 Å².